The number of halogens is 1. The van der Waals surface area contributed by atoms with E-state index >= 15 is 0 Å². The van der Waals surface area contributed by atoms with Crippen molar-refractivity contribution in [2.45, 2.75) is 31.3 Å². The number of aliphatic hydroxyl groups is 1. The van der Waals surface area contributed by atoms with Gasteiger partial charge in [0.2, 0.25) is 0 Å². The van der Waals surface area contributed by atoms with Crippen LogP contribution in [0.2, 0.25) is 0 Å². The molecule has 0 unspecified atom stereocenters. The van der Waals surface area contributed by atoms with E-state index in [2.05, 4.69) is 20.9 Å². The molecule has 2 nitrogen and oxygen atoms in total. The lowest BCUT2D eigenvalue weighted by Crippen LogP contribution is -2.12. The maximum absolute atomic E-state index is 9.66. The van der Waals surface area contributed by atoms with E-state index in [1.54, 1.807) is 6.20 Å². The largest absolute Gasteiger partial charge is 0.392 e. The lowest BCUT2D eigenvalue weighted by Gasteiger charge is -2.13. The first kappa shape index (κ1) is 9.16. The fourth-order valence-electron chi connectivity index (χ4n) is 1.89. The molecule has 70 valence electrons. The van der Waals surface area contributed by atoms with E-state index in [0.717, 1.165) is 29.4 Å². The Balaban J connectivity index is 2.20. The quantitative estimate of drug-likeness (QED) is 0.820. The highest BCUT2D eigenvalue weighted by molar-refractivity contribution is 9.10. The van der Waals surface area contributed by atoms with Gasteiger partial charge < -0.3 is 5.11 Å². The number of hydrogen-bond donors (Lipinski definition) is 1. The van der Waals surface area contributed by atoms with Crippen LogP contribution in [0.1, 0.15) is 30.9 Å². The van der Waals surface area contributed by atoms with Crippen molar-refractivity contribution in [3.05, 3.63) is 28.5 Å². The van der Waals surface area contributed by atoms with Crippen molar-refractivity contribution < 1.29 is 5.11 Å². The summed E-state index contributed by atoms with van der Waals surface area (Å²) < 4.78 is 0.990. The average molecular weight is 242 g/mol. The molecule has 1 fully saturated rings. The smallest absolute Gasteiger partial charge is 0.0623 e. The van der Waals surface area contributed by atoms with E-state index < -0.39 is 0 Å². The van der Waals surface area contributed by atoms with E-state index in [4.69, 9.17) is 0 Å². The van der Waals surface area contributed by atoms with Crippen LogP contribution in [0.15, 0.2) is 22.8 Å². The summed E-state index contributed by atoms with van der Waals surface area (Å²) in [6.45, 7) is 0. The number of aliphatic hydroxyl groups excluding tert-OH is 1. The average Bonchev–Trinajstić information content (AvgIpc) is 2.53. The zero-order chi connectivity index (χ0) is 9.26. The van der Waals surface area contributed by atoms with Gasteiger partial charge in [-0.1, -0.05) is 6.42 Å². The van der Waals surface area contributed by atoms with E-state index in [-0.39, 0.29) is 12.0 Å². The lowest BCUT2D eigenvalue weighted by molar-refractivity contribution is 0.162. The zero-order valence-electron chi connectivity index (χ0n) is 7.28. The highest BCUT2D eigenvalue weighted by Crippen LogP contribution is 2.33. The molecule has 2 rings (SSSR count). The molecule has 1 aliphatic carbocycles. The molecular weight excluding hydrogens is 230 g/mol. The van der Waals surface area contributed by atoms with Crippen molar-refractivity contribution in [3.63, 3.8) is 0 Å². The predicted octanol–water partition coefficient (Wildman–Crippen LogP) is 2.47. The molecule has 2 atom stereocenters. The topological polar surface area (TPSA) is 33.1 Å². The number of aromatic nitrogens is 1. The Morgan fingerprint density at radius 3 is 2.77 bits per heavy atom. The van der Waals surface area contributed by atoms with Crippen LogP contribution in [0.4, 0.5) is 0 Å². The summed E-state index contributed by atoms with van der Waals surface area (Å²) in [4.78, 5) is 4.30. The lowest BCUT2D eigenvalue weighted by atomic mass is 10.0. The first-order valence-electron chi connectivity index (χ1n) is 4.57. The van der Waals surface area contributed by atoms with Crippen LogP contribution >= 0.6 is 15.9 Å². The summed E-state index contributed by atoms with van der Waals surface area (Å²) >= 11 is 3.34. The molecule has 0 amide bonds. The summed E-state index contributed by atoms with van der Waals surface area (Å²) in [5.74, 6) is 0.257. The van der Waals surface area contributed by atoms with Crippen LogP contribution < -0.4 is 0 Å². The third kappa shape index (κ3) is 1.92. The second-order valence-electron chi connectivity index (χ2n) is 3.51. The van der Waals surface area contributed by atoms with E-state index in [0.29, 0.717) is 0 Å². The molecule has 0 saturated heterocycles. The molecule has 0 radical (unpaired) electrons. The third-order valence-electron chi connectivity index (χ3n) is 2.61. The van der Waals surface area contributed by atoms with Gasteiger partial charge in [0.1, 0.15) is 0 Å². The Morgan fingerprint density at radius 1 is 1.38 bits per heavy atom. The van der Waals surface area contributed by atoms with Crippen LogP contribution in [0.3, 0.4) is 0 Å². The Kier molecular flexibility index (Phi) is 2.65. The second-order valence-corrected chi connectivity index (χ2v) is 4.42. The van der Waals surface area contributed by atoms with Crippen molar-refractivity contribution in [3.8, 4) is 0 Å². The van der Waals surface area contributed by atoms with Crippen molar-refractivity contribution in [2.24, 2.45) is 0 Å². The SMILES string of the molecule is O[C@@H]1CCC[C@H]1c1ccc(Br)cn1. The number of nitrogens with zero attached hydrogens (tertiary/aromatic N) is 1. The normalized spacial score (nSPS) is 27.8. The van der Waals surface area contributed by atoms with Gasteiger partial charge in [0.15, 0.2) is 0 Å². The molecule has 13 heavy (non-hydrogen) atoms. The first-order valence-corrected chi connectivity index (χ1v) is 5.36. The number of rotatable bonds is 1. The van der Waals surface area contributed by atoms with Crippen molar-refractivity contribution in [1.82, 2.24) is 4.98 Å². The summed E-state index contributed by atoms with van der Waals surface area (Å²) in [6.07, 6.45) is 4.70. The summed E-state index contributed by atoms with van der Waals surface area (Å²) in [5.41, 5.74) is 1.02. The molecule has 1 aromatic heterocycles. The zero-order valence-corrected chi connectivity index (χ0v) is 8.87. The van der Waals surface area contributed by atoms with Gasteiger partial charge in [0.25, 0.3) is 0 Å². The molecule has 0 aromatic carbocycles. The van der Waals surface area contributed by atoms with Gasteiger partial charge in [-0.05, 0) is 40.9 Å². The number of pyridine rings is 1. The molecule has 0 spiro atoms. The van der Waals surface area contributed by atoms with Gasteiger partial charge in [-0.25, -0.2) is 0 Å². The first-order chi connectivity index (χ1) is 6.27. The Bertz CT molecular complexity index is 285. The van der Waals surface area contributed by atoms with E-state index in [1.165, 1.54) is 0 Å². The minimum atomic E-state index is -0.186. The van der Waals surface area contributed by atoms with Crippen molar-refractivity contribution in [2.75, 3.05) is 0 Å². The molecule has 1 aromatic rings. The molecule has 1 saturated carbocycles. The minimum Gasteiger partial charge on any atom is -0.392 e. The molecule has 1 aliphatic rings. The van der Waals surface area contributed by atoms with Crippen molar-refractivity contribution >= 4 is 15.9 Å². The maximum Gasteiger partial charge on any atom is 0.0623 e. The fraction of sp³-hybridized carbons (Fsp3) is 0.500. The van der Waals surface area contributed by atoms with Gasteiger partial charge in [-0.2, -0.15) is 0 Å². The van der Waals surface area contributed by atoms with Crippen molar-refractivity contribution in [1.29, 1.82) is 0 Å². The van der Waals surface area contributed by atoms with E-state index in [1.807, 2.05) is 12.1 Å². The Hall–Kier alpha value is -0.410. The fourth-order valence-corrected chi connectivity index (χ4v) is 2.13. The molecule has 3 heteroatoms. The van der Waals surface area contributed by atoms with Crippen LogP contribution in [0.5, 0.6) is 0 Å². The number of hydrogen-bond acceptors (Lipinski definition) is 2. The highest BCUT2D eigenvalue weighted by atomic mass is 79.9. The summed E-state index contributed by atoms with van der Waals surface area (Å²) in [7, 11) is 0. The Morgan fingerprint density at radius 2 is 2.23 bits per heavy atom. The maximum atomic E-state index is 9.66. The molecule has 1 N–H and O–H groups in total. The summed E-state index contributed by atoms with van der Waals surface area (Å²) in [6, 6.07) is 3.97. The van der Waals surface area contributed by atoms with Crippen LogP contribution in [-0.2, 0) is 0 Å². The Labute approximate surface area is 86.1 Å². The molecular formula is C10H12BrNO. The summed E-state index contributed by atoms with van der Waals surface area (Å²) in [5, 5.41) is 9.66. The molecule has 0 aliphatic heterocycles. The highest BCUT2D eigenvalue weighted by Gasteiger charge is 2.27. The van der Waals surface area contributed by atoms with Gasteiger partial charge in [-0.15, -0.1) is 0 Å². The third-order valence-corrected chi connectivity index (χ3v) is 3.08. The molecule has 1 heterocycles. The van der Waals surface area contributed by atoms with Crippen LogP contribution in [0.25, 0.3) is 0 Å². The van der Waals surface area contributed by atoms with E-state index in [9.17, 15) is 5.11 Å². The van der Waals surface area contributed by atoms with Crippen LogP contribution in [0, 0.1) is 0 Å². The second kappa shape index (κ2) is 3.76. The van der Waals surface area contributed by atoms with Gasteiger partial charge in [0.05, 0.1) is 6.10 Å². The van der Waals surface area contributed by atoms with Crippen LogP contribution in [-0.4, -0.2) is 16.2 Å². The standard InChI is InChI=1S/C10H12BrNO/c11-7-4-5-9(12-6-7)8-2-1-3-10(8)13/h4-6,8,10,13H,1-3H2/t8-,10+/m0/s1. The van der Waals surface area contributed by atoms with Gasteiger partial charge >= 0.3 is 0 Å². The van der Waals surface area contributed by atoms with Gasteiger partial charge in [0, 0.05) is 22.3 Å². The minimum absolute atomic E-state index is 0.186. The van der Waals surface area contributed by atoms with Gasteiger partial charge in [-0.3, -0.25) is 4.98 Å². The molecule has 0 bridgehead atoms. The predicted molar refractivity (Wildman–Crippen MR) is 54.5 cm³/mol. The monoisotopic (exact) mass is 241 g/mol.